The zero-order chi connectivity index (χ0) is 14.5. The van der Waals surface area contributed by atoms with Crippen LogP contribution < -0.4 is 11.3 Å². The second-order valence-corrected chi connectivity index (χ2v) is 5.16. The maximum Gasteiger partial charge on any atom is 0.293 e. The number of aromatic nitrogens is 1. The Balaban J connectivity index is 2.24. The molecule has 1 heterocycles. The molecule has 0 amide bonds. The maximum atomic E-state index is 10.9. The number of halogens is 1. The third-order valence-electron chi connectivity index (χ3n) is 2.56. The molecule has 0 spiro atoms. The number of hydrazine groups is 1. The van der Waals surface area contributed by atoms with E-state index in [-0.39, 0.29) is 5.69 Å². The molecule has 0 bridgehead atoms. The third kappa shape index (κ3) is 3.19. The predicted octanol–water partition coefficient (Wildman–Crippen LogP) is 3.22. The lowest BCUT2D eigenvalue weighted by Gasteiger charge is -2.09. The predicted molar refractivity (Wildman–Crippen MR) is 79.7 cm³/mol. The highest BCUT2D eigenvalue weighted by atomic mass is 35.5. The van der Waals surface area contributed by atoms with Gasteiger partial charge >= 0.3 is 0 Å². The van der Waals surface area contributed by atoms with Crippen LogP contribution in [0.2, 0.25) is 5.02 Å². The van der Waals surface area contributed by atoms with E-state index in [0.717, 1.165) is 0 Å². The van der Waals surface area contributed by atoms with Gasteiger partial charge in [0.15, 0.2) is 0 Å². The molecular weight excluding hydrogens is 300 g/mol. The largest absolute Gasteiger partial charge is 0.318 e. The van der Waals surface area contributed by atoms with E-state index in [9.17, 15) is 10.1 Å². The number of nitro groups is 1. The van der Waals surface area contributed by atoms with Crippen LogP contribution in [0.1, 0.15) is 5.56 Å². The monoisotopic (exact) mass is 310 g/mol. The number of nitrogens with zero attached hydrogens (tertiary/aromatic N) is 2. The molecule has 0 aliphatic heterocycles. The summed E-state index contributed by atoms with van der Waals surface area (Å²) in [4.78, 5) is 14.6. The van der Waals surface area contributed by atoms with Crippen molar-refractivity contribution < 1.29 is 4.92 Å². The van der Waals surface area contributed by atoms with E-state index >= 15 is 0 Å². The first-order valence-corrected chi connectivity index (χ1v) is 6.96. The van der Waals surface area contributed by atoms with Gasteiger partial charge in [-0.25, -0.2) is 4.98 Å². The standard InChI is InChI=1S/C12H11ClN4O2S/c13-9-4-2-6-15-12(9)20-7-8-3-1-5-10(17(18)19)11(8)16-14/h1-6,16H,7,14H2. The number of anilines is 1. The number of nitrogen functional groups attached to an aromatic ring is 1. The van der Waals surface area contributed by atoms with Gasteiger partial charge in [-0.3, -0.25) is 16.0 Å². The van der Waals surface area contributed by atoms with E-state index in [1.165, 1.54) is 17.8 Å². The number of pyridine rings is 1. The van der Waals surface area contributed by atoms with E-state index in [1.54, 1.807) is 30.5 Å². The maximum absolute atomic E-state index is 10.9. The summed E-state index contributed by atoms with van der Waals surface area (Å²) in [5, 5.41) is 12.1. The molecular formula is C12H11ClN4O2S. The second kappa shape index (κ2) is 6.56. The molecule has 0 unspecified atom stereocenters. The Morgan fingerprint density at radius 3 is 2.85 bits per heavy atom. The minimum atomic E-state index is -0.475. The normalized spacial score (nSPS) is 10.3. The van der Waals surface area contributed by atoms with Crippen LogP contribution in [-0.4, -0.2) is 9.91 Å². The smallest absolute Gasteiger partial charge is 0.293 e. The van der Waals surface area contributed by atoms with Gasteiger partial charge in [0.2, 0.25) is 0 Å². The highest BCUT2D eigenvalue weighted by Crippen LogP contribution is 2.33. The minimum absolute atomic E-state index is 0.0577. The van der Waals surface area contributed by atoms with E-state index < -0.39 is 4.92 Å². The van der Waals surface area contributed by atoms with Gasteiger partial charge in [0, 0.05) is 18.0 Å². The Morgan fingerprint density at radius 1 is 1.40 bits per heavy atom. The van der Waals surface area contributed by atoms with E-state index in [4.69, 9.17) is 17.4 Å². The zero-order valence-corrected chi connectivity index (χ0v) is 11.8. The van der Waals surface area contributed by atoms with E-state index in [0.29, 0.717) is 27.1 Å². The minimum Gasteiger partial charge on any atom is -0.318 e. The number of nitrogens with one attached hydrogen (secondary N) is 1. The van der Waals surface area contributed by atoms with Crippen molar-refractivity contribution in [3.05, 3.63) is 57.2 Å². The van der Waals surface area contributed by atoms with E-state index in [1.807, 2.05) is 0 Å². The highest BCUT2D eigenvalue weighted by molar-refractivity contribution is 7.98. The van der Waals surface area contributed by atoms with Crippen LogP contribution in [0.15, 0.2) is 41.6 Å². The Morgan fingerprint density at radius 2 is 2.20 bits per heavy atom. The van der Waals surface area contributed by atoms with Crippen LogP contribution >= 0.6 is 23.4 Å². The van der Waals surface area contributed by atoms with Gasteiger partial charge in [-0.15, -0.1) is 11.8 Å². The molecule has 1 aromatic heterocycles. The first-order valence-electron chi connectivity index (χ1n) is 5.59. The highest BCUT2D eigenvalue weighted by Gasteiger charge is 2.16. The SMILES string of the molecule is NNc1c(CSc2ncccc2Cl)cccc1[N+](=O)[O-]. The fourth-order valence-corrected chi connectivity index (χ4v) is 2.81. The molecule has 3 N–H and O–H groups in total. The fourth-order valence-electron chi connectivity index (χ4n) is 1.65. The number of thioether (sulfide) groups is 1. The molecule has 0 aliphatic rings. The molecule has 2 rings (SSSR count). The van der Waals surface area contributed by atoms with Gasteiger partial charge < -0.3 is 5.43 Å². The van der Waals surface area contributed by atoms with Crippen molar-refractivity contribution in [1.29, 1.82) is 0 Å². The Labute approximate surface area is 124 Å². The molecule has 0 aliphatic carbocycles. The molecule has 8 heteroatoms. The van der Waals surface area contributed by atoms with Crippen LogP contribution in [0.4, 0.5) is 11.4 Å². The molecule has 20 heavy (non-hydrogen) atoms. The van der Waals surface area contributed by atoms with Crippen LogP contribution in [-0.2, 0) is 5.75 Å². The number of hydrogen-bond acceptors (Lipinski definition) is 6. The summed E-state index contributed by atoms with van der Waals surface area (Å²) in [5.74, 6) is 5.85. The number of benzene rings is 1. The van der Waals surface area contributed by atoms with Crippen molar-refractivity contribution in [2.45, 2.75) is 10.8 Å². The van der Waals surface area contributed by atoms with Gasteiger partial charge in [-0.2, -0.15) is 0 Å². The first-order chi connectivity index (χ1) is 9.63. The second-order valence-electron chi connectivity index (χ2n) is 3.79. The lowest BCUT2D eigenvalue weighted by molar-refractivity contribution is -0.384. The number of hydrogen-bond donors (Lipinski definition) is 2. The summed E-state index contributed by atoms with van der Waals surface area (Å²) >= 11 is 7.40. The Kier molecular flexibility index (Phi) is 4.78. The van der Waals surface area contributed by atoms with Gasteiger partial charge in [0.05, 0.1) is 9.95 Å². The summed E-state index contributed by atoms with van der Waals surface area (Å²) < 4.78 is 0. The lowest BCUT2D eigenvalue weighted by atomic mass is 10.2. The van der Waals surface area contributed by atoms with Crippen LogP contribution in [0.3, 0.4) is 0 Å². The summed E-state index contributed by atoms with van der Waals surface area (Å²) in [5.41, 5.74) is 3.35. The average Bonchev–Trinajstić information content (AvgIpc) is 2.45. The zero-order valence-electron chi connectivity index (χ0n) is 10.2. The summed E-state index contributed by atoms with van der Waals surface area (Å²) in [6.45, 7) is 0. The number of nitrogens with two attached hydrogens (primary N) is 1. The molecule has 2 aromatic rings. The molecule has 0 saturated carbocycles. The Hall–Kier alpha value is -1.83. The van der Waals surface area contributed by atoms with Gasteiger partial charge in [0.1, 0.15) is 10.7 Å². The van der Waals surface area contributed by atoms with Crippen molar-refractivity contribution >= 4 is 34.7 Å². The molecule has 0 atom stereocenters. The van der Waals surface area contributed by atoms with Crippen LogP contribution in [0, 0.1) is 10.1 Å². The van der Waals surface area contributed by atoms with Crippen molar-refractivity contribution in [2.75, 3.05) is 5.43 Å². The van der Waals surface area contributed by atoms with Gasteiger partial charge in [0.25, 0.3) is 5.69 Å². The summed E-state index contributed by atoms with van der Waals surface area (Å²) in [6.07, 6.45) is 1.64. The topological polar surface area (TPSA) is 94.1 Å². The summed E-state index contributed by atoms with van der Waals surface area (Å²) in [7, 11) is 0. The molecule has 104 valence electrons. The molecule has 0 radical (unpaired) electrons. The molecule has 6 nitrogen and oxygen atoms in total. The Bertz CT molecular complexity index is 639. The fraction of sp³-hybridized carbons (Fsp3) is 0.0833. The quantitative estimate of drug-likeness (QED) is 0.381. The average molecular weight is 311 g/mol. The van der Waals surface area contributed by atoms with Crippen LogP contribution in [0.25, 0.3) is 0 Å². The number of nitro benzene ring substituents is 1. The summed E-state index contributed by atoms with van der Waals surface area (Å²) in [6, 6.07) is 8.27. The third-order valence-corrected chi connectivity index (χ3v) is 4.03. The first kappa shape index (κ1) is 14.6. The molecule has 0 saturated heterocycles. The van der Waals surface area contributed by atoms with Crippen molar-refractivity contribution in [3.63, 3.8) is 0 Å². The van der Waals surface area contributed by atoms with Gasteiger partial charge in [-0.05, 0) is 17.7 Å². The van der Waals surface area contributed by atoms with Crippen molar-refractivity contribution in [1.82, 2.24) is 4.98 Å². The van der Waals surface area contributed by atoms with Gasteiger partial charge in [-0.1, -0.05) is 23.7 Å². The van der Waals surface area contributed by atoms with Crippen LogP contribution in [0.5, 0.6) is 0 Å². The van der Waals surface area contributed by atoms with Crippen molar-refractivity contribution in [3.8, 4) is 0 Å². The molecule has 1 aromatic carbocycles. The van der Waals surface area contributed by atoms with Crippen molar-refractivity contribution in [2.24, 2.45) is 5.84 Å². The number of para-hydroxylation sites is 1. The molecule has 0 fully saturated rings. The van der Waals surface area contributed by atoms with E-state index in [2.05, 4.69) is 10.4 Å². The lowest BCUT2D eigenvalue weighted by Crippen LogP contribution is -2.11. The number of rotatable bonds is 5.